The van der Waals surface area contributed by atoms with Crippen LogP contribution >= 0.6 is 0 Å². The van der Waals surface area contributed by atoms with Gasteiger partial charge in [0.25, 0.3) is 0 Å². The zero-order valence-electron chi connectivity index (χ0n) is 13.6. The Labute approximate surface area is 131 Å². The van der Waals surface area contributed by atoms with E-state index in [4.69, 9.17) is 4.42 Å². The van der Waals surface area contributed by atoms with Crippen molar-refractivity contribution in [2.24, 2.45) is 0 Å². The minimum absolute atomic E-state index is 0.0532. The fourth-order valence-electron chi connectivity index (χ4n) is 2.25. The highest BCUT2D eigenvalue weighted by molar-refractivity contribution is 5.75. The van der Waals surface area contributed by atoms with Crippen molar-refractivity contribution in [2.45, 2.75) is 53.0 Å². The van der Waals surface area contributed by atoms with Crippen LogP contribution in [0.2, 0.25) is 0 Å². The second-order valence-corrected chi connectivity index (χ2v) is 5.72. The largest absolute Gasteiger partial charge is 0.444 e. The van der Waals surface area contributed by atoms with E-state index in [0.717, 1.165) is 30.7 Å². The van der Waals surface area contributed by atoms with Crippen LogP contribution in [-0.4, -0.2) is 10.9 Å². The lowest BCUT2D eigenvalue weighted by atomic mass is 10.1. The van der Waals surface area contributed by atoms with E-state index in [2.05, 4.69) is 41.5 Å². The Morgan fingerprint density at radius 1 is 1.14 bits per heavy atom. The Balaban J connectivity index is 1.62. The Bertz CT molecular complexity index is 595. The minimum atomic E-state index is 0.0532. The summed E-state index contributed by atoms with van der Waals surface area (Å²) in [6.45, 7) is 6.23. The van der Waals surface area contributed by atoms with Crippen molar-refractivity contribution < 1.29 is 9.21 Å². The lowest BCUT2D eigenvalue weighted by molar-refractivity contribution is -0.121. The number of amides is 1. The topological polar surface area (TPSA) is 55.1 Å². The normalized spacial score (nSPS) is 10.7. The van der Waals surface area contributed by atoms with Crippen molar-refractivity contribution in [3.63, 3.8) is 0 Å². The van der Waals surface area contributed by atoms with Crippen LogP contribution in [0.3, 0.4) is 0 Å². The summed E-state index contributed by atoms with van der Waals surface area (Å²) in [5.41, 5.74) is 3.49. The number of aromatic nitrogens is 1. The van der Waals surface area contributed by atoms with Gasteiger partial charge in [-0.15, -0.1) is 0 Å². The van der Waals surface area contributed by atoms with Crippen molar-refractivity contribution in [1.29, 1.82) is 0 Å². The molecule has 1 aromatic heterocycles. The van der Waals surface area contributed by atoms with Crippen LogP contribution in [-0.2, 0) is 17.8 Å². The van der Waals surface area contributed by atoms with Crippen molar-refractivity contribution in [2.75, 3.05) is 0 Å². The molecule has 118 valence electrons. The van der Waals surface area contributed by atoms with Crippen molar-refractivity contribution in [1.82, 2.24) is 10.3 Å². The van der Waals surface area contributed by atoms with Gasteiger partial charge in [0.1, 0.15) is 5.76 Å². The molecule has 4 nitrogen and oxygen atoms in total. The lowest BCUT2D eigenvalue weighted by Gasteiger charge is -2.04. The van der Waals surface area contributed by atoms with Crippen LogP contribution in [0.5, 0.6) is 0 Å². The van der Waals surface area contributed by atoms with E-state index in [9.17, 15) is 4.79 Å². The molecule has 0 aliphatic rings. The monoisotopic (exact) mass is 300 g/mol. The van der Waals surface area contributed by atoms with Gasteiger partial charge in [-0.25, -0.2) is 4.98 Å². The molecule has 0 unspecified atom stereocenters. The molecule has 1 aromatic carbocycles. The van der Waals surface area contributed by atoms with Gasteiger partial charge in [0.05, 0.1) is 12.2 Å². The van der Waals surface area contributed by atoms with Gasteiger partial charge in [-0.3, -0.25) is 4.79 Å². The van der Waals surface area contributed by atoms with Crippen LogP contribution in [0.25, 0.3) is 0 Å². The van der Waals surface area contributed by atoms with Gasteiger partial charge in [-0.2, -0.15) is 0 Å². The molecule has 0 radical (unpaired) electrons. The molecule has 0 saturated carbocycles. The number of aryl methyl sites for hydroxylation is 4. The van der Waals surface area contributed by atoms with Gasteiger partial charge in [0.2, 0.25) is 11.8 Å². The maximum atomic E-state index is 11.8. The highest BCUT2D eigenvalue weighted by atomic mass is 16.4. The quantitative estimate of drug-likeness (QED) is 0.794. The third-order valence-corrected chi connectivity index (χ3v) is 3.75. The minimum Gasteiger partial charge on any atom is -0.444 e. The molecule has 2 rings (SSSR count). The summed E-state index contributed by atoms with van der Waals surface area (Å²) in [6.07, 6.45) is 3.48. The van der Waals surface area contributed by atoms with E-state index >= 15 is 0 Å². The van der Waals surface area contributed by atoms with Gasteiger partial charge in [0, 0.05) is 6.42 Å². The van der Waals surface area contributed by atoms with Crippen molar-refractivity contribution in [3.8, 4) is 0 Å². The predicted octanol–water partition coefficient (Wildman–Crippen LogP) is 3.63. The van der Waals surface area contributed by atoms with Crippen molar-refractivity contribution >= 4 is 5.91 Å². The molecule has 1 N–H and O–H groups in total. The first-order chi connectivity index (χ1) is 10.5. The van der Waals surface area contributed by atoms with Gasteiger partial charge in [-0.05, 0) is 45.6 Å². The van der Waals surface area contributed by atoms with Gasteiger partial charge < -0.3 is 9.73 Å². The number of unbranched alkanes of at least 4 members (excludes halogenated alkanes) is 1. The second-order valence-electron chi connectivity index (χ2n) is 5.72. The predicted molar refractivity (Wildman–Crippen MR) is 86.6 cm³/mol. The standard InChI is InChI=1S/C18H24N2O2/c1-13-8-10-16(11-9-13)6-4-5-7-17(21)19-12-18-20-14(2)15(3)22-18/h8-11H,4-7,12H2,1-3H3,(H,19,21). The average Bonchev–Trinajstić information content (AvgIpc) is 2.82. The second kappa shape index (κ2) is 7.78. The van der Waals surface area contributed by atoms with E-state index in [1.807, 2.05) is 13.8 Å². The zero-order chi connectivity index (χ0) is 15.9. The molecular weight excluding hydrogens is 276 g/mol. The van der Waals surface area contributed by atoms with E-state index in [0.29, 0.717) is 18.9 Å². The highest BCUT2D eigenvalue weighted by Gasteiger charge is 2.07. The molecule has 0 saturated heterocycles. The highest BCUT2D eigenvalue weighted by Crippen LogP contribution is 2.09. The van der Waals surface area contributed by atoms with Crippen LogP contribution in [0.4, 0.5) is 0 Å². The number of hydrogen-bond donors (Lipinski definition) is 1. The van der Waals surface area contributed by atoms with Gasteiger partial charge in [-0.1, -0.05) is 29.8 Å². The summed E-state index contributed by atoms with van der Waals surface area (Å²) in [5.74, 6) is 1.43. The number of benzene rings is 1. The summed E-state index contributed by atoms with van der Waals surface area (Å²) in [7, 11) is 0. The van der Waals surface area contributed by atoms with E-state index in [1.165, 1.54) is 11.1 Å². The number of carbonyl (C=O) groups is 1. The van der Waals surface area contributed by atoms with Crippen molar-refractivity contribution in [3.05, 3.63) is 52.7 Å². The molecule has 0 atom stereocenters. The van der Waals surface area contributed by atoms with E-state index < -0.39 is 0 Å². The number of nitrogens with zero attached hydrogens (tertiary/aromatic N) is 1. The molecule has 0 bridgehead atoms. The molecular formula is C18H24N2O2. The summed E-state index contributed by atoms with van der Waals surface area (Å²) in [6, 6.07) is 8.57. The first kappa shape index (κ1) is 16.3. The maximum absolute atomic E-state index is 11.8. The third kappa shape index (κ3) is 5.02. The molecule has 1 amide bonds. The SMILES string of the molecule is Cc1ccc(CCCCC(=O)NCc2nc(C)c(C)o2)cc1. The Morgan fingerprint density at radius 2 is 1.86 bits per heavy atom. The smallest absolute Gasteiger partial charge is 0.220 e. The molecule has 22 heavy (non-hydrogen) atoms. The number of hydrogen-bond acceptors (Lipinski definition) is 3. The zero-order valence-corrected chi connectivity index (χ0v) is 13.6. The number of oxazole rings is 1. The van der Waals surface area contributed by atoms with E-state index in [1.54, 1.807) is 0 Å². The van der Waals surface area contributed by atoms with Crippen LogP contribution < -0.4 is 5.32 Å². The fraction of sp³-hybridized carbons (Fsp3) is 0.444. The summed E-state index contributed by atoms with van der Waals surface area (Å²) in [5, 5.41) is 2.85. The van der Waals surface area contributed by atoms with Gasteiger partial charge >= 0.3 is 0 Å². The van der Waals surface area contributed by atoms with Crippen LogP contribution in [0, 0.1) is 20.8 Å². The summed E-state index contributed by atoms with van der Waals surface area (Å²) < 4.78 is 5.43. The average molecular weight is 300 g/mol. The molecule has 4 heteroatoms. The first-order valence-electron chi connectivity index (χ1n) is 7.80. The number of rotatable bonds is 7. The molecule has 0 aliphatic heterocycles. The summed E-state index contributed by atoms with van der Waals surface area (Å²) in [4.78, 5) is 16.0. The molecule has 2 aromatic rings. The third-order valence-electron chi connectivity index (χ3n) is 3.75. The van der Waals surface area contributed by atoms with E-state index in [-0.39, 0.29) is 5.91 Å². The first-order valence-corrected chi connectivity index (χ1v) is 7.80. The Kier molecular flexibility index (Phi) is 5.75. The summed E-state index contributed by atoms with van der Waals surface area (Å²) >= 11 is 0. The molecule has 0 aliphatic carbocycles. The van der Waals surface area contributed by atoms with Crippen LogP contribution in [0.15, 0.2) is 28.7 Å². The Hall–Kier alpha value is -2.10. The fourth-order valence-corrected chi connectivity index (χ4v) is 2.25. The Morgan fingerprint density at radius 3 is 2.50 bits per heavy atom. The lowest BCUT2D eigenvalue weighted by Crippen LogP contribution is -2.22. The number of nitrogens with one attached hydrogen (secondary N) is 1. The number of carbonyl (C=O) groups excluding carboxylic acids is 1. The maximum Gasteiger partial charge on any atom is 0.220 e. The molecule has 0 fully saturated rings. The van der Waals surface area contributed by atoms with Gasteiger partial charge in [0.15, 0.2) is 0 Å². The molecule has 0 spiro atoms. The molecule has 1 heterocycles. The van der Waals surface area contributed by atoms with Crippen LogP contribution in [0.1, 0.15) is 47.7 Å².